The fourth-order valence-corrected chi connectivity index (χ4v) is 2.81. The zero-order chi connectivity index (χ0) is 17.2. The van der Waals surface area contributed by atoms with Gasteiger partial charge in [-0.05, 0) is 46.7 Å². The SMILES string of the molecule is O=C(Nc1ccc(N2CCOCC2)c2nonc12)c1ccc(F)cc1. The van der Waals surface area contributed by atoms with Gasteiger partial charge in [0, 0.05) is 18.7 Å². The molecule has 2 aromatic carbocycles. The maximum atomic E-state index is 13.0. The molecule has 7 nitrogen and oxygen atoms in total. The molecule has 0 spiro atoms. The van der Waals surface area contributed by atoms with E-state index in [1.165, 1.54) is 24.3 Å². The number of aromatic nitrogens is 2. The van der Waals surface area contributed by atoms with Crippen molar-refractivity contribution in [1.82, 2.24) is 10.3 Å². The molecule has 8 heteroatoms. The number of hydrogen-bond donors (Lipinski definition) is 1. The van der Waals surface area contributed by atoms with Gasteiger partial charge in [-0.25, -0.2) is 9.02 Å². The molecule has 0 bridgehead atoms. The molecule has 0 atom stereocenters. The summed E-state index contributed by atoms with van der Waals surface area (Å²) in [5, 5.41) is 10.7. The van der Waals surface area contributed by atoms with E-state index in [1.54, 1.807) is 6.07 Å². The van der Waals surface area contributed by atoms with E-state index in [0.717, 1.165) is 18.8 Å². The number of hydrogen-bond acceptors (Lipinski definition) is 6. The molecule has 4 rings (SSSR count). The number of anilines is 2. The fourth-order valence-electron chi connectivity index (χ4n) is 2.81. The van der Waals surface area contributed by atoms with Gasteiger partial charge in [-0.2, -0.15) is 0 Å². The number of ether oxygens (including phenoxy) is 1. The lowest BCUT2D eigenvalue weighted by Gasteiger charge is -2.28. The molecule has 1 fully saturated rings. The van der Waals surface area contributed by atoms with Gasteiger partial charge in [0.25, 0.3) is 5.91 Å². The van der Waals surface area contributed by atoms with Crippen LogP contribution in [-0.4, -0.2) is 42.5 Å². The Balaban J connectivity index is 1.63. The van der Waals surface area contributed by atoms with Crippen molar-refractivity contribution in [3.05, 3.63) is 47.8 Å². The van der Waals surface area contributed by atoms with Crippen LogP contribution >= 0.6 is 0 Å². The Hall–Kier alpha value is -3.00. The van der Waals surface area contributed by atoms with E-state index < -0.39 is 5.82 Å². The molecule has 0 saturated carbocycles. The molecule has 1 aliphatic heterocycles. The molecule has 1 N–H and O–H groups in total. The van der Waals surface area contributed by atoms with Crippen LogP contribution in [0.3, 0.4) is 0 Å². The minimum Gasteiger partial charge on any atom is -0.378 e. The minimum atomic E-state index is -0.394. The molecule has 0 radical (unpaired) electrons. The second kappa shape index (κ2) is 6.48. The van der Waals surface area contributed by atoms with Crippen molar-refractivity contribution >= 4 is 28.3 Å². The van der Waals surface area contributed by atoms with E-state index in [-0.39, 0.29) is 5.91 Å². The van der Waals surface area contributed by atoms with Crippen LogP contribution in [0.25, 0.3) is 11.0 Å². The lowest BCUT2D eigenvalue weighted by Crippen LogP contribution is -2.36. The highest BCUT2D eigenvalue weighted by Gasteiger charge is 2.19. The first-order chi connectivity index (χ1) is 12.2. The predicted octanol–water partition coefficient (Wildman–Crippen LogP) is 2.45. The number of carbonyl (C=O) groups is 1. The Bertz CT molecular complexity index is 904. The number of nitrogens with zero attached hydrogens (tertiary/aromatic N) is 3. The third-order valence-electron chi connectivity index (χ3n) is 4.10. The molecule has 2 heterocycles. The summed E-state index contributed by atoms with van der Waals surface area (Å²) in [6.07, 6.45) is 0. The van der Waals surface area contributed by atoms with Crippen molar-refractivity contribution in [2.75, 3.05) is 36.5 Å². The summed E-state index contributed by atoms with van der Waals surface area (Å²) in [5.74, 6) is -0.752. The Morgan fingerprint density at radius 2 is 1.76 bits per heavy atom. The van der Waals surface area contributed by atoms with Crippen molar-refractivity contribution in [2.45, 2.75) is 0 Å². The van der Waals surface area contributed by atoms with E-state index >= 15 is 0 Å². The molecular formula is C17H15FN4O3. The van der Waals surface area contributed by atoms with E-state index in [1.807, 2.05) is 6.07 Å². The number of morpholine rings is 1. The Morgan fingerprint density at radius 1 is 1.04 bits per heavy atom. The maximum absolute atomic E-state index is 13.0. The molecule has 128 valence electrons. The fraction of sp³-hybridized carbons (Fsp3) is 0.235. The summed E-state index contributed by atoms with van der Waals surface area (Å²) in [4.78, 5) is 14.5. The van der Waals surface area contributed by atoms with Crippen molar-refractivity contribution in [3.63, 3.8) is 0 Å². The zero-order valence-electron chi connectivity index (χ0n) is 13.2. The summed E-state index contributed by atoms with van der Waals surface area (Å²) in [6.45, 7) is 2.80. The van der Waals surface area contributed by atoms with E-state index in [0.29, 0.717) is 35.5 Å². The predicted molar refractivity (Wildman–Crippen MR) is 89.2 cm³/mol. The highest BCUT2D eigenvalue weighted by molar-refractivity contribution is 6.09. The topological polar surface area (TPSA) is 80.5 Å². The molecule has 1 amide bonds. The first-order valence-electron chi connectivity index (χ1n) is 7.87. The molecule has 0 unspecified atom stereocenters. The van der Waals surface area contributed by atoms with Crippen LogP contribution in [0, 0.1) is 5.82 Å². The summed E-state index contributed by atoms with van der Waals surface area (Å²) < 4.78 is 23.2. The van der Waals surface area contributed by atoms with Gasteiger partial charge in [0.1, 0.15) is 5.82 Å². The monoisotopic (exact) mass is 342 g/mol. The van der Waals surface area contributed by atoms with Crippen LogP contribution in [-0.2, 0) is 4.74 Å². The number of benzene rings is 2. The number of fused-ring (bicyclic) bond motifs is 1. The quantitative estimate of drug-likeness (QED) is 0.787. The van der Waals surface area contributed by atoms with E-state index in [4.69, 9.17) is 9.37 Å². The smallest absolute Gasteiger partial charge is 0.255 e. The van der Waals surface area contributed by atoms with Gasteiger partial charge in [-0.3, -0.25) is 4.79 Å². The van der Waals surface area contributed by atoms with Gasteiger partial charge < -0.3 is 15.0 Å². The minimum absolute atomic E-state index is 0.350. The van der Waals surface area contributed by atoms with Crippen molar-refractivity contribution in [3.8, 4) is 0 Å². The molecule has 1 saturated heterocycles. The highest BCUT2D eigenvalue weighted by atomic mass is 19.1. The van der Waals surface area contributed by atoms with Crippen LogP contribution < -0.4 is 10.2 Å². The molecule has 1 aromatic heterocycles. The van der Waals surface area contributed by atoms with E-state index in [9.17, 15) is 9.18 Å². The van der Waals surface area contributed by atoms with Crippen LogP contribution in [0.1, 0.15) is 10.4 Å². The normalized spacial score (nSPS) is 14.7. The molecule has 3 aromatic rings. The van der Waals surface area contributed by atoms with Crippen molar-refractivity contribution < 1.29 is 18.6 Å². The maximum Gasteiger partial charge on any atom is 0.255 e. The Labute approximate surface area is 142 Å². The standard InChI is InChI=1S/C17H15FN4O3/c18-12-3-1-11(2-4-12)17(23)19-13-5-6-14(16-15(13)20-25-21-16)22-7-9-24-10-8-22/h1-6H,7-10H2,(H,19,23). The molecular weight excluding hydrogens is 327 g/mol. The second-order valence-electron chi connectivity index (χ2n) is 5.65. The number of rotatable bonds is 3. The van der Waals surface area contributed by atoms with E-state index in [2.05, 4.69) is 20.5 Å². The summed E-state index contributed by atoms with van der Waals surface area (Å²) in [6, 6.07) is 8.96. The zero-order valence-corrected chi connectivity index (χ0v) is 13.2. The molecule has 25 heavy (non-hydrogen) atoms. The number of carbonyl (C=O) groups excluding carboxylic acids is 1. The Morgan fingerprint density at radius 3 is 2.52 bits per heavy atom. The lowest BCUT2D eigenvalue weighted by molar-refractivity contribution is 0.102. The first-order valence-corrected chi connectivity index (χ1v) is 7.87. The first kappa shape index (κ1) is 15.5. The van der Waals surface area contributed by atoms with Crippen molar-refractivity contribution in [2.24, 2.45) is 0 Å². The van der Waals surface area contributed by atoms with Crippen molar-refractivity contribution in [1.29, 1.82) is 0 Å². The molecule has 1 aliphatic rings. The average Bonchev–Trinajstić information content (AvgIpc) is 3.13. The second-order valence-corrected chi connectivity index (χ2v) is 5.65. The Kier molecular flexibility index (Phi) is 4.02. The summed E-state index contributed by atoms with van der Waals surface area (Å²) in [7, 11) is 0. The van der Waals surface area contributed by atoms with Crippen LogP contribution in [0.15, 0.2) is 41.0 Å². The third kappa shape index (κ3) is 3.03. The van der Waals surface area contributed by atoms with Crippen LogP contribution in [0.4, 0.5) is 15.8 Å². The van der Waals surface area contributed by atoms with Gasteiger partial charge in [-0.1, -0.05) is 0 Å². The van der Waals surface area contributed by atoms with Crippen LogP contribution in [0.5, 0.6) is 0 Å². The van der Waals surface area contributed by atoms with Crippen LogP contribution in [0.2, 0.25) is 0 Å². The lowest BCUT2D eigenvalue weighted by atomic mass is 10.1. The van der Waals surface area contributed by atoms with Gasteiger partial charge in [0.05, 0.1) is 24.6 Å². The number of nitrogens with one attached hydrogen (secondary N) is 1. The van der Waals surface area contributed by atoms with Gasteiger partial charge >= 0.3 is 0 Å². The number of halogens is 1. The molecule has 0 aliphatic carbocycles. The van der Waals surface area contributed by atoms with Gasteiger partial charge in [-0.15, -0.1) is 0 Å². The average molecular weight is 342 g/mol. The highest BCUT2D eigenvalue weighted by Crippen LogP contribution is 2.30. The van der Waals surface area contributed by atoms with Gasteiger partial charge in [0.15, 0.2) is 11.0 Å². The summed E-state index contributed by atoms with van der Waals surface area (Å²) >= 11 is 0. The number of amides is 1. The summed E-state index contributed by atoms with van der Waals surface area (Å²) in [5.41, 5.74) is 2.78. The van der Waals surface area contributed by atoms with Gasteiger partial charge in [0.2, 0.25) is 0 Å². The third-order valence-corrected chi connectivity index (χ3v) is 4.10. The largest absolute Gasteiger partial charge is 0.378 e.